The number of hydrogen-bond donors (Lipinski definition) is 1. The maximum atomic E-state index is 13.5. The van der Waals surface area contributed by atoms with Gasteiger partial charge in [-0.15, -0.1) is 0 Å². The van der Waals surface area contributed by atoms with Crippen molar-refractivity contribution in [1.82, 2.24) is 4.90 Å². The molecule has 0 saturated heterocycles. The zero-order chi connectivity index (χ0) is 24.6. The van der Waals surface area contributed by atoms with Crippen LogP contribution < -0.4 is 5.90 Å². The topological polar surface area (TPSA) is 85.0 Å². The summed E-state index contributed by atoms with van der Waals surface area (Å²) in [6.45, 7) is 15.4. The molecule has 1 spiro atoms. The Morgan fingerprint density at radius 2 is 1.73 bits per heavy atom. The van der Waals surface area contributed by atoms with Gasteiger partial charge < -0.3 is 9.74 Å². The van der Waals surface area contributed by atoms with Crippen molar-refractivity contribution in [3.8, 4) is 0 Å². The second kappa shape index (κ2) is 9.21. The molecule has 1 aromatic rings. The standard InChI is InChI=1S/C27H41N3O3/c1-18-23(31)30(27(29-18)16-12-21(13-17-27)26(5,6)7)22(14-15-25(2,3)4)19-8-10-20(11-9-19)24(32)33-28/h8-11,21-22H,12-17,28H2,1-7H3/t21?,22-,27?/m1/s1. The first-order valence-electron chi connectivity index (χ1n) is 12.2. The number of nitrogens with two attached hydrogens (primary N) is 1. The minimum Gasteiger partial charge on any atom is -0.370 e. The van der Waals surface area contributed by atoms with Gasteiger partial charge in [0, 0.05) is 0 Å². The van der Waals surface area contributed by atoms with E-state index >= 15 is 0 Å². The van der Waals surface area contributed by atoms with Crippen molar-refractivity contribution in [2.45, 2.75) is 98.7 Å². The van der Waals surface area contributed by atoms with Gasteiger partial charge in [-0.3, -0.25) is 9.79 Å². The van der Waals surface area contributed by atoms with E-state index in [4.69, 9.17) is 10.9 Å². The highest BCUT2D eigenvalue weighted by Crippen LogP contribution is 2.49. The Morgan fingerprint density at radius 1 is 1.15 bits per heavy atom. The highest BCUT2D eigenvalue weighted by Gasteiger charge is 2.51. The first-order valence-corrected chi connectivity index (χ1v) is 12.2. The summed E-state index contributed by atoms with van der Waals surface area (Å²) in [5, 5.41) is 0. The van der Waals surface area contributed by atoms with Crippen LogP contribution in [0.4, 0.5) is 0 Å². The monoisotopic (exact) mass is 455 g/mol. The lowest BCUT2D eigenvalue weighted by molar-refractivity contribution is -0.134. The van der Waals surface area contributed by atoms with Gasteiger partial charge in [0.1, 0.15) is 5.66 Å². The molecule has 1 saturated carbocycles. The van der Waals surface area contributed by atoms with Gasteiger partial charge in [-0.25, -0.2) is 4.79 Å². The molecule has 2 aliphatic rings. The van der Waals surface area contributed by atoms with E-state index in [2.05, 4.69) is 51.3 Å². The minimum atomic E-state index is -0.568. The van der Waals surface area contributed by atoms with Crippen molar-refractivity contribution < 1.29 is 14.4 Å². The predicted molar refractivity (Wildman–Crippen MR) is 132 cm³/mol. The molecule has 0 radical (unpaired) electrons. The number of benzene rings is 1. The van der Waals surface area contributed by atoms with Crippen molar-refractivity contribution in [3.05, 3.63) is 35.4 Å². The van der Waals surface area contributed by atoms with Crippen LogP contribution in [0.2, 0.25) is 0 Å². The van der Waals surface area contributed by atoms with E-state index in [0.29, 0.717) is 17.2 Å². The molecule has 182 valence electrons. The van der Waals surface area contributed by atoms with Crippen LogP contribution in [0.1, 0.15) is 109 Å². The Labute approximate surface area is 198 Å². The summed E-state index contributed by atoms with van der Waals surface area (Å²) < 4.78 is 0. The zero-order valence-corrected chi connectivity index (χ0v) is 21.4. The second-order valence-electron chi connectivity index (χ2n) is 12.1. The second-order valence-corrected chi connectivity index (χ2v) is 12.1. The zero-order valence-electron chi connectivity index (χ0n) is 21.4. The normalized spacial score (nSPS) is 24.7. The van der Waals surface area contributed by atoms with Gasteiger partial charge in [0.25, 0.3) is 5.91 Å². The molecule has 1 amide bonds. The molecule has 1 fully saturated rings. The lowest BCUT2D eigenvalue weighted by atomic mass is 9.69. The smallest absolute Gasteiger partial charge is 0.356 e. The number of aliphatic imine (C=N–C) groups is 1. The summed E-state index contributed by atoms with van der Waals surface area (Å²) >= 11 is 0. The summed E-state index contributed by atoms with van der Waals surface area (Å²) in [5.74, 6) is 5.15. The Bertz CT molecular complexity index is 898. The number of hydrogen-bond acceptors (Lipinski definition) is 5. The molecule has 1 aromatic carbocycles. The van der Waals surface area contributed by atoms with Gasteiger partial charge in [-0.1, -0.05) is 53.7 Å². The van der Waals surface area contributed by atoms with Gasteiger partial charge in [0.2, 0.25) is 0 Å². The lowest BCUT2D eigenvalue weighted by Gasteiger charge is -2.48. The largest absolute Gasteiger partial charge is 0.370 e. The number of carbonyl (C=O) groups is 2. The van der Waals surface area contributed by atoms with Gasteiger partial charge in [-0.05, 0) is 79.9 Å². The Morgan fingerprint density at radius 3 is 2.21 bits per heavy atom. The molecule has 6 heteroatoms. The molecule has 0 aromatic heterocycles. The van der Waals surface area contributed by atoms with Crippen LogP contribution in [0.15, 0.2) is 29.3 Å². The van der Waals surface area contributed by atoms with Crippen LogP contribution in [0.5, 0.6) is 0 Å². The Balaban J connectivity index is 1.97. The summed E-state index contributed by atoms with van der Waals surface area (Å²) in [6, 6.07) is 7.20. The third kappa shape index (κ3) is 5.48. The van der Waals surface area contributed by atoms with Crippen LogP contribution in [-0.4, -0.2) is 28.2 Å². The fourth-order valence-corrected chi connectivity index (χ4v) is 5.43. The predicted octanol–water partition coefficient (Wildman–Crippen LogP) is 5.82. The third-order valence-electron chi connectivity index (χ3n) is 7.48. The SMILES string of the molecule is CC1=NC2(CCC(C(C)(C)C)CC2)N([C@H](CCC(C)(C)C)c2ccc(C(=O)ON)cc2)C1=O. The first kappa shape index (κ1) is 25.4. The van der Waals surface area contributed by atoms with E-state index in [1.54, 1.807) is 12.1 Å². The molecule has 0 bridgehead atoms. The highest BCUT2D eigenvalue weighted by molar-refractivity contribution is 6.39. The van der Waals surface area contributed by atoms with Gasteiger partial charge >= 0.3 is 5.97 Å². The fraction of sp³-hybridized carbons (Fsp3) is 0.667. The van der Waals surface area contributed by atoms with Crippen molar-refractivity contribution in [3.63, 3.8) is 0 Å². The van der Waals surface area contributed by atoms with E-state index in [1.807, 2.05) is 19.1 Å². The maximum Gasteiger partial charge on any atom is 0.356 e. The first-order chi connectivity index (χ1) is 15.3. The van der Waals surface area contributed by atoms with Crippen LogP contribution in [0, 0.1) is 16.7 Å². The van der Waals surface area contributed by atoms with Crippen molar-refractivity contribution >= 4 is 17.6 Å². The summed E-state index contributed by atoms with van der Waals surface area (Å²) in [7, 11) is 0. The van der Waals surface area contributed by atoms with Crippen molar-refractivity contribution in [1.29, 1.82) is 0 Å². The minimum absolute atomic E-state index is 0.0357. The molecule has 6 nitrogen and oxygen atoms in total. The number of nitrogens with zero attached hydrogens (tertiary/aromatic N) is 2. The quantitative estimate of drug-likeness (QED) is 0.567. The number of carbonyl (C=O) groups excluding carboxylic acids is 2. The molecular formula is C27H41N3O3. The van der Waals surface area contributed by atoms with Crippen molar-refractivity contribution in [2.75, 3.05) is 0 Å². The van der Waals surface area contributed by atoms with Crippen LogP contribution in [0.3, 0.4) is 0 Å². The van der Waals surface area contributed by atoms with Gasteiger partial charge in [-0.2, -0.15) is 5.90 Å². The third-order valence-corrected chi connectivity index (χ3v) is 7.48. The van der Waals surface area contributed by atoms with E-state index < -0.39 is 11.6 Å². The summed E-state index contributed by atoms with van der Waals surface area (Å²) in [6.07, 6.45) is 5.72. The maximum absolute atomic E-state index is 13.5. The summed E-state index contributed by atoms with van der Waals surface area (Å²) in [4.78, 5) is 36.8. The average molecular weight is 456 g/mol. The van der Waals surface area contributed by atoms with E-state index in [0.717, 1.165) is 44.1 Å². The van der Waals surface area contributed by atoms with Gasteiger partial charge in [0.15, 0.2) is 0 Å². The number of rotatable bonds is 5. The molecule has 1 aliphatic carbocycles. The molecular weight excluding hydrogens is 414 g/mol. The Hall–Kier alpha value is -2.21. The molecule has 1 heterocycles. The highest BCUT2D eigenvalue weighted by atomic mass is 16.7. The fourth-order valence-electron chi connectivity index (χ4n) is 5.43. The van der Waals surface area contributed by atoms with Crippen LogP contribution >= 0.6 is 0 Å². The van der Waals surface area contributed by atoms with Crippen LogP contribution in [0.25, 0.3) is 0 Å². The molecule has 3 rings (SSSR count). The molecule has 1 aliphatic heterocycles. The molecule has 0 unspecified atom stereocenters. The van der Waals surface area contributed by atoms with E-state index in [-0.39, 0.29) is 22.8 Å². The molecule has 2 N–H and O–H groups in total. The van der Waals surface area contributed by atoms with Crippen molar-refractivity contribution in [2.24, 2.45) is 27.6 Å². The van der Waals surface area contributed by atoms with Gasteiger partial charge in [0.05, 0.1) is 17.3 Å². The molecule has 1 atom stereocenters. The van der Waals surface area contributed by atoms with Crippen LogP contribution in [-0.2, 0) is 9.63 Å². The lowest BCUT2D eigenvalue weighted by Crippen LogP contribution is -2.51. The molecule has 33 heavy (non-hydrogen) atoms. The Kier molecular flexibility index (Phi) is 7.09. The van der Waals surface area contributed by atoms with E-state index in [9.17, 15) is 9.59 Å². The van der Waals surface area contributed by atoms with E-state index in [1.165, 1.54) is 0 Å². The average Bonchev–Trinajstić information content (AvgIpc) is 2.97. The number of amides is 1. The summed E-state index contributed by atoms with van der Waals surface area (Å²) in [5.41, 5.74) is 1.94.